The molecule has 1 aromatic rings. The van der Waals surface area contributed by atoms with Gasteiger partial charge in [-0.25, -0.2) is 8.42 Å². The molecule has 0 bridgehead atoms. The normalized spacial score (nSPS) is 11.7. The monoisotopic (exact) mass is 293 g/mol. The molecule has 4 N–H and O–H groups in total. The van der Waals surface area contributed by atoms with Crippen LogP contribution in [0.25, 0.3) is 0 Å². The number of benzene rings is 1. The van der Waals surface area contributed by atoms with E-state index in [4.69, 9.17) is 16.4 Å². The summed E-state index contributed by atoms with van der Waals surface area (Å²) in [4.78, 5) is 0.103. The van der Waals surface area contributed by atoms with Crippen LogP contribution in [0.2, 0.25) is 0 Å². The second-order valence-corrected chi connectivity index (χ2v) is 5.99. The third-order valence-electron chi connectivity index (χ3n) is 2.34. The van der Waals surface area contributed by atoms with Crippen molar-refractivity contribution >= 4 is 27.1 Å². The lowest BCUT2D eigenvalue weighted by Gasteiger charge is -2.09. The minimum atomic E-state index is -3.42. The van der Waals surface area contributed by atoms with Gasteiger partial charge in [0.15, 0.2) is 15.7 Å². The van der Waals surface area contributed by atoms with Gasteiger partial charge in [0.2, 0.25) is 5.71 Å². The first-order chi connectivity index (χ1) is 9.42. The summed E-state index contributed by atoms with van der Waals surface area (Å²) in [5.74, 6) is -0.471. The Morgan fingerprint density at radius 2 is 2.15 bits per heavy atom. The molecule has 7 nitrogen and oxygen atoms in total. The zero-order valence-electron chi connectivity index (χ0n) is 10.9. The highest BCUT2D eigenvalue weighted by Crippen LogP contribution is 2.22. The van der Waals surface area contributed by atoms with Gasteiger partial charge in [-0.15, -0.1) is 0 Å². The maximum atomic E-state index is 12.1. The summed E-state index contributed by atoms with van der Waals surface area (Å²) in [7, 11) is -3.42. The first kappa shape index (κ1) is 15.7. The van der Waals surface area contributed by atoms with E-state index in [0.717, 1.165) is 0 Å². The summed E-state index contributed by atoms with van der Waals surface area (Å²) in [6.07, 6.45) is 0.497. The van der Waals surface area contributed by atoms with Gasteiger partial charge in [0.05, 0.1) is 16.3 Å². The molecule has 0 atom stereocenters. The van der Waals surface area contributed by atoms with Gasteiger partial charge in [0.1, 0.15) is 6.07 Å². The maximum Gasteiger partial charge on any atom is 0.201 e. The highest BCUT2D eigenvalue weighted by Gasteiger charge is 2.17. The van der Waals surface area contributed by atoms with Gasteiger partial charge in [0.25, 0.3) is 0 Å². The lowest BCUT2D eigenvalue weighted by atomic mass is 10.3. The Morgan fingerprint density at radius 1 is 1.50 bits per heavy atom. The Balaban J connectivity index is 3.16. The predicted molar refractivity (Wildman–Crippen MR) is 77.4 cm³/mol. The van der Waals surface area contributed by atoms with Gasteiger partial charge in [-0.1, -0.05) is 19.1 Å². The van der Waals surface area contributed by atoms with Crippen molar-refractivity contribution in [2.45, 2.75) is 18.2 Å². The Kier molecular flexibility index (Phi) is 5.23. The number of nitriles is 1. The van der Waals surface area contributed by atoms with Crippen molar-refractivity contribution < 1.29 is 8.42 Å². The number of rotatable bonds is 6. The molecular weight excluding hydrogens is 278 g/mol. The van der Waals surface area contributed by atoms with Gasteiger partial charge in [-0.3, -0.25) is 10.8 Å². The van der Waals surface area contributed by atoms with Crippen LogP contribution in [0.3, 0.4) is 0 Å². The van der Waals surface area contributed by atoms with E-state index in [1.807, 2.05) is 0 Å². The van der Waals surface area contributed by atoms with Crippen molar-refractivity contribution in [2.75, 3.05) is 11.2 Å². The molecule has 0 saturated heterocycles. The summed E-state index contributed by atoms with van der Waals surface area (Å²) in [6.45, 7) is 1.77. The molecule has 0 saturated carbocycles. The second kappa shape index (κ2) is 6.68. The molecule has 8 heteroatoms. The third kappa shape index (κ3) is 3.80. The van der Waals surface area contributed by atoms with Crippen LogP contribution in [0.5, 0.6) is 0 Å². The molecule has 0 aliphatic heterocycles. The molecule has 1 aromatic carbocycles. The summed E-state index contributed by atoms with van der Waals surface area (Å²) in [5.41, 5.74) is 7.56. The molecule has 0 amide bonds. The molecule has 0 aliphatic rings. The minimum absolute atomic E-state index is 0.0211. The zero-order valence-corrected chi connectivity index (χ0v) is 11.7. The van der Waals surface area contributed by atoms with Gasteiger partial charge in [0, 0.05) is 0 Å². The number of amidine groups is 1. The second-order valence-electron chi connectivity index (χ2n) is 3.91. The summed E-state index contributed by atoms with van der Waals surface area (Å²) in [6, 6.07) is 7.88. The first-order valence-corrected chi connectivity index (χ1v) is 7.47. The topological polar surface area (TPSA) is 132 Å². The van der Waals surface area contributed by atoms with Gasteiger partial charge < -0.3 is 5.73 Å². The SMILES string of the molecule is CCCS(=O)(=O)c1ccccc1N/N=C(\C#N)C(=N)N. The average Bonchev–Trinajstić information content (AvgIpc) is 2.39. The van der Waals surface area contributed by atoms with Crippen LogP contribution in [-0.4, -0.2) is 25.7 Å². The number of para-hydroxylation sites is 1. The van der Waals surface area contributed by atoms with E-state index in [1.54, 1.807) is 25.1 Å². The third-order valence-corrected chi connectivity index (χ3v) is 4.32. The average molecular weight is 293 g/mol. The van der Waals surface area contributed by atoms with Crippen molar-refractivity contribution in [3.63, 3.8) is 0 Å². The van der Waals surface area contributed by atoms with Crippen molar-refractivity contribution in [2.24, 2.45) is 10.8 Å². The molecule has 0 fully saturated rings. The van der Waals surface area contributed by atoms with E-state index in [9.17, 15) is 8.42 Å². The van der Waals surface area contributed by atoms with Gasteiger partial charge in [-0.05, 0) is 18.6 Å². The molecule has 0 spiro atoms. The van der Waals surface area contributed by atoms with E-state index in [-0.39, 0.29) is 22.0 Å². The minimum Gasteiger partial charge on any atom is -0.382 e. The van der Waals surface area contributed by atoms with Crippen LogP contribution >= 0.6 is 0 Å². The highest BCUT2D eigenvalue weighted by atomic mass is 32.2. The van der Waals surface area contributed by atoms with Crippen LogP contribution in [0.4, 0.5) is 5.69 Å². The number of nitrogens with one attached hydrogen (secondary N) is 2. The van der Waals surface area contributed by atoms with E-state index in [1.165, 1.54) is 12.1 Å². The Morgan fingerprint density at radius 3 is 2.70 bits per heavy atom. The largest absolute Gasteiger partial charge is 0.382 e. The molecule has 0 heterocycles. The summed E-state index contributed by atoms with van der Waals surface area (Å²) < 4.78 is 24.2. The van der Waals surface area contributed by atoms with Crippen molar-refractivity contribution in [3.8, 4) is 6.07 Å². The summed E-state index contributed by atoms with van der Waals surface area (Å²) >= 11 is 0. The molecule has 106 valence electrons. The van der Waals surface area contributed by atoms with Crippen molar-refractivity contribution in [3.05, 3.63) is 24.3 Å². The molecule has 0 radical (unpaired) electrons. The molecule has 0 unspecified atom stereocenters. The van der Waals surface area contributed by atoms with Crippen LogP contribution in [0.1, 0.15) is 13.3 Å². The molecule has 20 heavy (non-hydrogen) atoms. The molecular formula is C12H15N5O2S. The van der Waals surface area contributed by atoms with E-state index in [0.29, 0.717) is 6.42 Å². The summed E-state index contributed by atoms with van der Waals surface area (Å²) in [5, 5.41) is 19.5. The van der Waals surface area contributed by atoms with Gasteiger partial charge >= 0.3 is 0 Å². The zero-order chi connectivity index (χ0) is 15.2. The van der Waals surface area contributed by atoms with Crippen molar-refractivity contribution in [1.82, 2.24) is 0 Å². The van der Waals surface area contributed by atoms with Crippen LogP contribution < -0.4 is 11.2 Å². The number of nitrogens with two attached hydrogens (primary N) is 1. The number of hydrazone groups is 1. The number of hydrogen-bond acceptors (Lipinski definition) is 6. The lowest BCUT2D eigenvalue weighted by molar-refractivity contribution is 0.595. The molecule has 0 aliphatic carbocycles. The van der Waals surface area contributed by atoms with Crippen LogP contribution in [0.15, 0.2) is 34.3 Å². The Bertz CT molecular complexity index is 673. The quantitative estimate of drug-likeness (QED) is 0.410. The van der Waals surface area contributed by atoms with Crippen molar-refractivity contribution in [1.29, 1.82) is 10.7 Å². The standard InChI is InChI=1S/C12H15N5O2S/c1-2-7-20(18,19)11-6-4-3-5-9(11)16-17-10(8-13)12(14)15/h3-6,16H,2,7H2,1H3,(H3,14,15)/b17-10+. The number of nitrogens with zero attached hydrogens (tertiary/aromatic N) is 2. The lowest BCUT2D eigenvalue weighted by Crippen LogP contribution is -2.22. The number of hydrogen-bond donors (Lipinski definition) is 3. The smallest absolute Gasteiger partial charge is 0.201 e. The maximum absolute atomic E-state index is 12.1. The first-order valence-electron chi connectivity index (χ1n) is 5.82. The number of sulfone groups is 1. The fraction of sp³-hybridized carbons (Fsp3) is 0.250. The van der Waals surface area contributed by atoms with E-state index < -0.39 is 15.7 Å². The fourth-order valence-electron chi connectivity index (χ4n) is 1.47. The molecule has 1 rings (SSSR count). The number of anilines is 1. The molecule has 0 aromatic heterocycles. The Labute approximate surface area is 117 Å². The highest BCUT2D eigenvalue weighted by molar-refractivity contribution is 7.91. The van der Waals surface area contributed by atoms with Gasteiger partial charge in [-0.2, -0.15) is 10.4 Å². The van der Waals surface area contributed by atoms with E-state index in [2.05, 4.69) is 10.5 Å². The fourth-order valence-corrected chi connectivity index (χ4v) is 2.96. The van der Waals surface area contributed by atoms with Crippen LogP contribution in [-0.2, 0) is 9.84 Å². The van der Waals surface area contributed by atoms with E-state index >= 15 is 0 Å². The van der Waals surface area contributed by atoms with Crippen LogP contribution in [0, 0.1) is 16.7 Å². The Hall–Kier alpha value is -2.40. The predicted octanol–water partition coefficient (Wildman–Crippen LogP) is 1.10.